The van der Waals surface area contributed by atoms with Crippen molar-refractivity contribution in [2.24, 2.45) is 0 Å². The Morgan fingerprint density at radius 2 is 1.78 bits per heavy atom. The van der Waals surface area contributed by atoms with E-state index in [1.165, 1.54) is 0 Å². The highest BCUT2D eigenvalue weighted by Crippen LogP contribution is 2.00. The van der Waals surface area contributed by atoms with Crippen LogP contribution in [0.4, 0.5) is 0 Å². The van der Waals surface area contributed by atoms with Gasteiger partial charge in [-0.2, -0.15) is 0 Å². The van der Waals surface area contributed by atoms with Crippen LogP contribution in [-0.4, -0.2) is 29.4 Å². The molecule has 0 aromatic heterocycles. The smallest absolute Gasteiger partial charge is 0.331 e. The molecule has 0 saturated carbocycles. The minimum absolute atomic E-state index is 0.177. The summed E-state index contributed by atoms with van der Waals surface area (Å²) in [5, 5.41) is 8.27. The van der Waals surface area contributed by atoms with Gasteiger partial charge in [0, 0.05) is 18.6 Å². The topological polar surface area (TPSA) is 80.7 Å². The fourth-order valence-electron chi connectivity index (χ4n) is 1.21. The van der Waals surface area contributed by atoms with Crippen LogP contribution in [0.2, 0.25) is 0 Å². The Morgan fingerprint density at radius 1 is 1.11 bits per heavy atom. The average molecular weight is 248 g/mol. The lowest BCUT2D eigenvalue weighted by atomic mass is 10.1. The molecular weight excluding hydrogens is 236 g/mol. The lowest BCUT2D eigenvalue weighted by Crippen LogP contribution is -2.14. The van der Waals surface area contributed by atoms with Crippen molar-refractivity contribution in [3.63, 3.8) is 0 Å². The molecule has 1 aromatic rings. The fraction of sp³-hybridized carbons (Fsp3) is 0.154. The second kappa shape index (κ2) is 7.01. The van der Waals surface area contributed by atoms with Crippen molar-refractivity contribution in [1.29, 1.82) is 0 Å². The summed E-state index contributed by atoms with van der Waals surface area (Å²) in [4.78, 5) is 32.5. The Morgan fingerprint density at radius 3 is 2.39 bits per heavy atom. The minimum Gasteiger partial charge on any atom is -0.478 e. The second-order valence-electron chi connectivity index (χ2n) is 3.48. The van der Waals surface area contributed by atoms with Crippen LogP contribution in [0, 0.1) is 0 Å². The first kappa shape index (κ1) is 13.6. The molecule has 94 valence electrons. The summed E-state index contributed by atoms with van der Waals surface area (Å²) in [5.41, 5.74) is 0.833. The largest absolute Gasteiger partial charge is 0.478 e. The maximum atomic E-state index is 11.4. The molecule has 0 saturated heterocycles. The summed E-state index contributed by atoms with van der Waals surface area (Å²) in [7, 11) is 0. The van der Waals surface area contributed by atoms with Crippen LogP contribution in [0.5, 0.6) is 0 Å². The van der Waals surface area contributed by atoms with Gasteiger partial charge in [0.25, 0.3) is 0 Å². The molecule has 0 spiro atoms. The summed E-state index contributed by atoms with van der Waals surface area (Å²) in [6.07, 6.45) is 1.60. The van der Waals surface area contributed by atoms with Crippen molar-refractivity contribution in [2.75, 3.05) is 6.61 Å². The van der Waals surface area contributed by atoms with Gasteiger partial charge >= 0.3 is 11.9 Å². The van der Waals surface area contributed by atoms with Crippen LogP contribution in [0.1, 0.15) is 5.56 Å². The molecule has 5 heteroatoms. The third-order valence-electron chi connectivity index (χ3n) is 1.98. The number of aliphatic carboxylic acids is 1. The molecule has 0 aliphatic rings. The maximum absolute atomic E-state index is 11.4. The van der Waals surface area contributed by atoms with E-state index in [9.17, 15) is 14.4 Å². The summed E-state index contributed by atoms with van der Waals surface area (Å²) in [5.74, 6) is -2.35. The van der Waals surface area contributed by atoms with E-state index >= 15 is 0 Å². The number of hydrogen-bond acceptors (Lipinski definition) is 4. The van der Waals surface area contributed by atoms with Gasteiger partial charge in [0.05, 0.1) is 0 Å². The van der Waals surface area contributed by atoms with Gasteiger partial charge in [-0.05, 0) is 5.56 Å². The number of benzene rings is 1. The van der Waals surface area contributed by atoms with Crippen molar-refractivity contribution in [1.82, 2.24) is 0 Å². The lowest BCUT2D eigenvalue weighted by Gasteiger charge is -2.01. The highest BCUT2D eigenvalue weighted by atomic mass is 16.5. The molecule has 1 N–H and O–H groups in total. The van der Waals surface area contributed by atoms with E-state index in [-0.39, 0.29) is 18.8 Å². The minimum atomic E-state index is -1.25. The van der Waals surface area contributed by atoms with Crippen molar-refractivity contribution in [2.45, 2.75) is 6.42 Å². The predicted molar refractivity (Wildman–Crippen MR) is 62.9 cm³/mol. The Kier molecular flexibility index (Phi) is 5.31. The van der Waals surface area contributed by atoms with Gasteiger partial charge in [-0.15, -0.1) is 0 Å². The molecule has 0 heterocycles. The summed E-state index contributed by atoms with van der Waals surface area (Å²) >= 11 is 0. The van der Waals surface area contributed by atoms with Gasteiger partial charge in [-0.1, -0.05) is 30.3 Å². The zero-order valence-electron chi connectivity index (χ0n) is 9.54. The average Bonchev–Trinajstić information content (AvgIpc) is 2.35. The maximum Gasteiger partial charge on any atom is 0.331 e. The van der Waals surface area contributed by atoms with E-state index < -0.39 is 11.9 Å². The van der Waals surface area contributed by atoms with Crippen LogP contribution >= 0.6 is 0 Å². The number of hydrogen-bond donors (Lipinski definition) is 1. The van der Waals surface area contributed by atoms with Crippen molar-refractivity contribution in [3.05, 3.63) is 48.0 Å². The lowest BCUT2D eigenvalue weighted by molar-refractivity contribution is -0.143. The SMILES string of the molecule is O=C(O)/C=C/C(=O)OCC(=O)Cc1ccccc1. The van der Waals surface area contributed by atoms with E-state index in [1.54, 1.807) is 12.1 Å². The summed E-state index contributed by atoms with van der Waals surface area (Å²) in [6, 6.07) is 9.05. The standard InChI is InChI=1S/C13H12O5/c14-11(8-10-4-2-1-3-5-10)9-18-13(17)7-6-12(15)16/h1-7H,8-9H2,(H,15,16)/b7-6+. The Labute approximate surface area is 104 Å². The van der Waals surface area contributed by atoms with Crippen LogP contribution in [0.15, 0.2) is 42.5 Å². The molecule has 0 unspecified atom stereocenters. The van der Waals surface area contributed by atoms with E-state index in [0.717, 1.165) is 11.6 Å². The van der Waals surface area contributed by atoms with E-state index in [0.29, 0.717) is 6.08 Å². The van der Waals surface area contributed by atoms with Crippen molar-refractivity contribution < 1.29 is 24.2 Å². The predicted octanol–water partition coefficient (Wildman–Crippen LogP) is 0.982. The van der Waals surface area contributed by atoms with Gasteiger partial charge < -0.3 is 9.84 Å². The quantitative estimate of drug-likeness (QED) is 0.599. The number of carboxylic acid groups (broad SMARTS) is 1. The summed E-state index contributed by atoms with van der Waals surface area (Å²) in [6.45, 7) is -0.363. The molecule has 0 fully saturated rings. The Hall–Kier alpha value is -2.43. The van der Waals surface area contributed by atoms with Crippen LogP contribution in [0.3, 0.4) is 0 Å². The van der Waals surface area contributed by atoms with Crippen LogP contribution < -0.4 is 0 Å². The van der Waals surface area contributed by atoms with E-state index in [1.807, 2.05) is 18.2 Å². The number of rotatable bonds is 6. The van der Waals surface area contributed by atoms with Gasteiger partial charge in [-0.3, -0.25) is 4.79 Å². The van der Waals surface area contributed by atoms with Gasteiger partial charge in [0.15, 0.2) is 12.4 Å². The zero-order chi connectivity index (χ0) is 13.4. The molecule has 0 radical (unpaired) electrons. The Balaban J connectivity index is 2.34. The number of carboxylic acids is 1. The normalized spacial score (nSPS) is 10.2. The van der Waals surface area contributed by atoms with Gasteiger partial charge in [0.1, 0.15) is 0 Å². The third kappa shape index (κ3) is 5.60. The molecule has 18 heavy (non-hydrogen) atoms. The number of ketones is 1. The third-order valence-corrected chi connectivity index (χ3v) is 1.98. The van der Waals surface area contributed by atoms with Gasteiger partial charge in [0.2, 0.25) is 0 Å². The van der Waals surface area contributed by atoms with Crippen molar-refractivity contribution >= 4 is 17.7 Å². The summed E-state index contributed by atoms with van der Waals surface area (Å²) < 4.78 is 4.59. The molecular formula is C13H12O5. The number of esters is 1. The first-order valence-electron chi connectivity index (χ1n) is 5.21. The molecule has 0 amide bonds. The Bertz CT molecular complexity index is 462. The first-order valence-corrected chi connectivity index (χ1v) is 5.21. The molecule has 1 aromatic carbocycles. The van der Waals surface area contributed by atoms with E-state index in [4.69, 9.17) is 5.11 Å². The molecule has 0 atom stereocenters. The van der Waals surface area contributed by atoms with Crippen LogP contribution in [0.25, 0.3) is 0 Å². The van der Waals surface area contributed by atoms with Crippen LogP contribution in [-0.2, 0) is 25.5 Å². The number of carbonyl (C=O) groups excluding carboxylic acids is 2. The molecule has 1 rings (SSSR count). The van der Waals surface area contributed by atoms with E-state index in [2.05, 4.69) is 4.74 Å². The highest BCUT2D eigenvalue weighted by molar-refractivity contribution is 5.92. The monoisotopic (exact) mass is 248 g/mol. The fourth-order valence-corrected chi connectivity index (χ4v) is 1.21. The van der Waals surface area contributed by atoms with Gasteiger partial charge in [-0.25, -0.2) is 9.59 Å². The first-order chi connectivity index (χ1) is 8.58. The molecule has 0 aliphatic heterocycles. The zero-order valence-corrected chi connectivity index (χ0v) is 9.54. The number of carbonyl (C=O) groups is 3. The molecule has 0 aliphatic carbocycles. The number of ether oxygens (including phenoxy) is 1. The molecule has 5 nitrogen and oxygen atoms in total. The van der Waals surface area contributed by atoms with Crippen molar-refractivity contribution in [3.8, 4) is 0 Å². The number of Topliss-reactive ketones (excluding diaryl/α,β-unsaturated/α-hetero) is 1. The second-order valence-corrected chi connectivity index (χ2v) is 3.48. The molecule has 0 bridgehead atoms. The highest BCUT2D eigenvalue weighted by Gasteiger charge is 2.06.